The molecule has 1 unspecified atom stereocenters. The fourth-order valence-corrected chi connectivity index (χ4v) is 3.76. The highest BCUT2D eigenvalue weighted by molar-refractivity contribution is 5.81. The van der Waals surface area contributed by atoms with Crippen LogP contribution in [0.1, 0.15) is 67.2 Å². The molecule has 0 aliphatic carbocycles. The van der Waals surface area contributed by atoms with Crippen LogP contribution in [0.15, 0.2) is 4.99 Å². The molecule has 0 aromatic carbocycles. The highest BCUT2D eigenvalue weighted by Gasteiger charge is 2.20. The van der Waals surface area contributed by atoms with Crippen molar-refractivity contribution in [2.45, 2.75) is 79.3 Å². The van der Waals surface area contributed by atoms with Gasteiger partial charge in [0.15, 0.2) is 5.96 Å². The van der Waals surface area contributed by atoms with Gasteiger partial charge in [-0.15, -0.1) is 0 Å². The number of likely N-dealkylation sites (tertiary alicyclic amines) is 1. The second-order valence-corrected chi connectivity index (χ2v) is 8.30. The van der Waals surface area contributed by atoms with Gasteiger partial charge in [-0.05, 0) is 59.8 Å². The van der Waals surface area contributed by atoms with Crippen molar-refractivity contribution in [1.29, 1.82) is 0 Å². The second kappa shape index (κ2) is 13.0. The Morgan fingerprint density at radius 2 is 1.93 bits per heavy atom. The Morgan fingerprint density at radius 3 is 2.52 bits per heavy atom. The minimum absolute atomic E-state index is 0.259. The van der Waals surface area contributed by atoms with Gasteiger partial charge in [-0.2, -0.15) is 0 Å². The fraction of sp³-hybridized carbons (Fsp3) is 0.905. The summed E-state index contributed by atoms with van der Waals surface area (Å²) in [6.45, 7) is 18.4. The van der Waals surface area contributed by atoms with E-state index in [9.17, 15) is 4.79 Å². The first kappa shape index (κ1) is 23.7. The lowest BCUT2D eigenvalue weighted by molar-refractivity contribution is -0.132. The molecule has 6 nitrogen and oxygen atoms in total. The van der Waals surface area contributed by atoms with E-state index in [4.69, 9.17) is 0 Å². The first-order valence-corrected chi connectivity index (χ1v) is 10.9. The van der Waals surface area contributed by atoms with E-state index in [1.54, 1.807) is 0 Å². The van der Waals surface area contributed by atoms with Gasteiger partial charge in [0.25, 0.3) is 0 Å². The Bertz CT molecular complexity index is 442. The molecular formula is C21H43N5O. The second-order valence-electron chi connectivity index (χ2n) is 8.30. The fourth-order valence-electron chi connectivity index (χ4n) is 3.76. The molecule has 0 bridgehead atoms. The molecule has 1 aliphatic rings. The summed E-state index contributed by atoms with van der Waals surface area (Å²) in [6, 6.07) is 1.12. The van der Waals surface area contributed by atoms with Crippen molar-refractivity contribution >= 4 is 11.9 Å². The van der Waals surface area contributed by atoms with Crippen LogP contribution >= 0.6 is 0 Å². The molecule has 1 aliphatic heterocycles. The average molecular weight is 382 g/mol. The number of carbonyl (C=O) groups excluding carboxylic acids is 1. The van der Waals surface area contributed by atoms with Crippen LogP contribution in [-0.2, 0) is 4.79 Å². The van der Waals surface area contributed by atoms with Gasteiger partial charge in [0, 0.05) is 57.8 Å². The van der Waals surface area contributed by atoms with Gasteiger partial charge in [0.05, 0.1) is 0 Å². The molecule has 1 atom stereocenters. The van der Waals surface area contributed by atoms with E-state index in [2.05, 4.69) is 62.1 Å². The van der Waals surface area contributed by atoms with Gasteiger partial charge in [0.1, 0.15) is 0 Å². The van der Waals surface area contributed by atoms with E-state index in [0.29, 0.717) is 31.0 Å². The van der Waals surface area contributed by atoms with Gasteiger partial charge < -0.3 is 15.5 Å². The molecule has 0 aromatic rings. The number of hydrogen-bond donors (Lipinski definition) is 2. The molecule has 27 heavy (non-hydrogen) atoms. The highest BCUT2D eigenvalue weighted by atomic mass is 16.2. The average Bonchev–Trinajstić information content (AvgIpc) is 2.60. The number of aliphatic imine (C=N–C) groups is 1. The van der Waals surface area contributed by atoms with Crippen molar-refractivity contribution in [3.05, 3.63) is 0 Å². The van der Waals surface area contributed by atoms with Crippen LogP contribution in [0.4, 0.5) is 0 Å². The zero-order valence-corrected chi connectivity index (χ0v) is 18.6. The number of carbonyl (C=O) groups is 1. The summed E-state index contributed by atoms with van der Waals surface area (Å²) in [5.41, 5.74) is 0. The topological polar surface area (TPSA) is 60.0 Å². The predicted molar refractivity (Wildman–Crippen MR) is 115 cm³/mol. The van der Waals surface area contributed by atoms with Crippen LogP contribution in [0.3, 0.4) is 0 Å². The van der Waals surface area contributed by atoms with Gasteiger partial charge in [-0.3, -0.25) is 14.7 Å². The lowest BCUT2D eigenvalue weighted by Gasteiger charge is -2.31. The van der Waals surface area contributed by atoms with Crippen LogP contribution in [0, 0.1) is 5.92 Å². The van der Waals surface area contributed by atoms with Gasteiger partial charge in [-0.25, -0.2) is 0 Å². The van der Waals surface area contributed by atoms with E-state index < -0.39 is 0 Å². The summed E-state index contributed by atoms with van der Waals surface area (Å²) in [4.78, 5) is 21.5. The van der Waals surface area contributed by atoms with Crippen LogP contribution in [0.5, 0.6) is 0 Å². The monoisotopic (exact) mass is 381 g/mol. The summed E-state index contributed by atoms with van der Waals surface area (Å²) >= 11 is 0. The maximum absolute atomic E-state index is 12.4. The Balaban J connectivity index is 2.35. The normalized spacial score (nSPS) is 18.5. The Kier molecular flexibility index (Phi) is 11.4. The number of amides is 1. The zero-order chi connectivity index (χ0) is 20.2. The quantitative estimate of drug-likeness (QED) is 0.347. The van der Waals surface area contributed by atoms with E-state index in [1.807, 2.05) is 4.90 Å². The lowest BCUT2D eigenvalue weighted by atomic mass is 10.00. The molecular weight excluding hydrogens is 338 g/mol. The number of rotatable bonds is 10. The Labute approximate surface area is 167 Å². The van der Waals surface area contributed by atoms with Gasteiger partial charge in [-0.1, -0.05) is 6.92 Å². The predicted octanol–water partition coefficient (Wildman–Crippen LogP) is 2.70. The van der Waals surface area contributed by atoms with Crippen LogP contribution < -0.4 is 10.6 Å². The molecule has 158 valence electrons. The van der Waals surface area contributed by atoms with Crippen molar-refractivity contribution in [3.63, 3.8) is 0 Å². The summed E-state index contributed by atoms with van der Waals surface area (Å²) in [5, 5.41) is 6.59. The largest absolute Gasteiger partial charge is 0.357 e. The third kappa shape index (κ3) is 9.45. The SMILES string of the molecule is CCNC(=NCCCN(C(C)C)C(C)C)NCCC(=O)N1CCCC(C)C1. The summed E-state index contributed by atoms with van der Waals surface area (Å²) in [7, 11) is 0. The van der Waals surface area contributed by atoms with Crippen LogP contribution in [-0.4, -0.2) is 73.0 Å². The molecule has 1 saturated heterocycles. The van der Waals surface area contributed by atoms with Crippen molar-refractivity contribution in [1.82, 2.24) is 20.4 Å². The first-order chi connectivity index (χ1) is 12.8. The zero-order valence-electron chi connectivity index (χ0n) is 18.6. The minimum Gasteiger partial charge on any atom is -0.357 e. The van der Waals surface area contributed by atoms with Crippen molar-refractivity contribution < 1.29 is 4.79 Å². The molecule has 6 heteroatoms. The molecule has 0 spiro atoms. The van der Waals surface area contributed by atoms with E-state index in [0.717, 1.165) is 51.5 Å². The van der Waals surface area contributed by atoms with Crippen LogP contribution in [0.25, 0.3) is 0 Å². The number of guanidine groups is 1. The highest BCUT2D eigenvalue weighted by Crippen LogP contribution is 2.15. The molecule has 0 radical (unpaired) electrons. The Hall–Kier alpha value is -1.30. The molecule has 0 saturated carbocycles. The van der Waals surface area contributed by atoms with Crippen molar-refractivity contribution in [3.8, 4) is 0 Å². The minimum atomic E-state index is 0.259. The molecule has 2 N–H and O–H groups in total. The van der Waals surface area contributed by atoms with E-state index in [1.165, 1.54) is 6.42 Å². The van der Waals surface area contributed by atoms with Crippen LogP contribution in [0.2, 0.25) is 0 Å². The molecule has 1 fully saturated rings. The van der Waals surface area contributed by atoms with Gasteiger partial charge >= 0.3 is 0 Å². The first-order valence-electron chi connectivity index (χ1n) is 10.9. The standard InChI is InChI=1S/C21H43N5O/c1-7-22-21(23-12-9-15-26(17(2)3)18(4)5)24-13-11-20(27)25-14-8-10-19(6)16-25/h17-19H,7-16H2,1-6H3,(H2,22,23,24). The summed E-state index contributed by atoms with van der Waals surface area (Å²) in [6.07, 6.45) is 3.95. The van der Waals surface area contributed by atoms with Gasteiger partial charge in [0.2, 0.25) is 5.91 Å². The third-order valence-corrected chi connectivity index (χ3v) is 5.16. The smallest absolute Gasteiger partial charge is 0.224 e. The molecule has 0 aromatic heterocycles. The number of nitrogens with one attached hydrogen (secondary N) is 2. The number of nitrogens with zero attached hydrogens (tertiary/aromatic N) is 3. The van der Waals surface area contributed by atoms with E-state index >= 15 is 0 Å². The van der Waals surface area contributed by atoms with E-state index in [-0.39, 0.29) is 5.91 Å². The third-order valence-electron chi connectivity index (χ3n) is 5.16. The number of hydrogen-bond acceptors (Lipinski definition) is 3. The number of piperidine rings is 1. The van der Waals surface area contributed by atoms with Crippen molar-refractivity contribution in [2.24, 2.45) is 10.9 Å². The summed E-state index contributed by atoms with van der Waals surface area (Å²) < 4.78 is 0. The molecule has 1 rings (SSSR count). The maximum Gasteiger partial charge on any atom is 0.224 e. The Morgan fingerprint density at radius 1 is 1.22 bits per heavy atom. The maximum atomic E-state index is 12.4. The molecule has 1 heterocycles. The molecule has 1 amide bonds. The summed E-state index contributed by atoms with van der Waals surface area (Å²) in [5.74, 6) is 1.71. The lowest BCUT2D eigenvalue weighted by Crippen LogP contribution is -2.42. The van der Waals surface area contributed by atoms with Crippen molar-refractivity contribution in [2.75, 3.05) is 39.3 Å².